The van der Waals surface area contributed by atoms with Crippen LogP contribution >= 0.6 is 11.3 Å². The maximum absolute atomic E-state index is 5.16. The molecule has 0 N–H and O–H groups in total. The maximum Gasteiger partial charge on any atom is 0.160 e. The molecule has 38 heavy (non-hydrogen) atoms. The first-order valence-electron chi connectivity index (χ1n) is 12.8. The summed E-state index contributed by atoms with van der Waals surface area (Å²) in [5.41, 5.74) is 8.73. The fourth-order valence-electron chi connectivity index (χ4n) is 5.14. The molecule has 0 fully saturated rings. The molecule has 0 aliphatic heterocycles. The smallest absolute Gasteiger partial charge is 0.160 e. The zero-order valence-corrected chi connectivity index (χ0v) is 21.7. The number of benzene rings is 5. The third kappa shape index (κ3) is 4.07. The van der Waals surface area contributed by atoms with Gasteiger partial charge in [0.1, 0.15) is 0 Å². The number of rotatable bonds is 4. The maximum atomic E-state index is 5.16. The molecule has 0 saturated carbocycles. The van der Waals surface area contributed by atoms with Crippen LogP contribution in [0.3, 0.4) is 0 Å². The highest BCUT2D eigenvalue weighted by Crippen LogP contribution is 2.40. The summed E-state index contributed by atoms with van der Waals surface area (Å²) >= 11 is 1.83. The molecule has 0 bridgehead atoms. The van der Waals surface area contributed by atoms with Crippen molar-refractivity contribution in [2.24, 2.45) is 0 Å². The fourth-order valence-corrected chi connectivity index (χ4v) is 6.36. The minimum absolute atomic E-state index is 0.744. The van der Waals surface area contributed by atoms with E-state index in [4.69, 9.17) is 9.97 Å². The molecule has 3 heteroatoms. The highest BCUT2D eigenvalue weighted by atomic mass is 32.1. The van der Waals surface area contributed by atoms with E-state index in [1.165, 1.54) is 31.3 Å². The van der Waals surface area contributed by atoms with E-state index in [-0.39, 0.29) is 0 Å². The number of aromatic nitrogens is 2. The van der Waals surface area contributed by atoms with Crippen molar-refractivity contribution >= 4 is 31.5 Å². The van der Waals surface area contributed by atoms with E-state index >= 15 is 0 Å². The Morgan fingerprint density at radius 2 is 1.11 bits per heavy atom. The van der Waals surface area contributed by atoms with Gasteiger partial charge >= 0.3 is 0 Å². The summed E-state index contributed by atoms with van der Waals surface area (Å²) in [6, 6.07) is 44.9. The van der Waals surface area contributed by atoms with Crippen LogP contribution in [0.25, 0.3) is 65.1 Å². The number of aryl methyl sites for hydroxylation is 1. The Labute approximate surface area is 225 Å². The largest absolute Gasteiger partial charge is 0.233 e. The van der Waals surface area contributed by atoms with Gasteiger partial charge < -0.3 is 0 Å². The molecule has 0 atom stereocenters. The second-order valence-corrected chi connectivity index (χ2v) is 10.6. The normalized spacial score (nSPS) is 11.3. The van der Waals surface area contributed by atoms with Crippen LogP contribution in [0.2, 0.25) is 0 Å². The van der Waals surface area contributed by atoms with E-state index in [2.05, 4.69) is 134 Å². The molecular formula is C35H24N2S. The minimum Gasteiger partial charge on any atom is -0.233 e. The molecule has 2 heterocycles. The number of hydrogen-bond donors (Lipinski definition) is 0. The molecule has 180 valence electrons. The second kappa shape index (κ2) is 9.37. The summed E-state index contributed by atoms with van der Waals surface area (Å²) in [6.45, 7) is 2.05. The zero-order chi connectivity index (χ0) is 25.5. The van der Waals surface area contributed by atoms with Crippen molar-refractivity contribution in [3.8, 4) is 44.9 Å². The second-order valence-electron chi connectivity index (χ2n) is 9.53. The Kier molecular flexibility index (Phi) is 5.57. The van der Waals surface area contributed by atoms with Crippen LogP contribution in [0, 0.1) is 6.92 Å². The standard InChI is InChI=1S/C35H24N2S/c1-23-19-32(31-17-10-16-30-29-15-8-9-18-33(29)38-34(30)31)37-35(36-23)28-21-26(24-11-4-2-5-12-24)20-27(22-28)25-13-6-3-7-14-25/h2-22H,1H3. The Morgan fingerprint density at radius 1 is 0.500 bits per heavy atom. The third-order valence-corrected chi connectivity index (χ3v) is 8.16. The van der Waals surface area contributed by atoms with Crippen LogP contribution in [0.15, 0.2) is 127 Å². The van der Waals surface area contributed by atoms with Gasteiger partial charge in [-0.2, -0.15) is 0 Å². The quantitative estimate of drug-likeness (QED) is 0.238. The van der Waals surface area contributed by atoms with Crippen molar-refractivity contribution in [3.05, 3.63) is 133 Å². The van der Waals surface area contributed by atoms with Crippen LogP contribution < -0.4 is 0 Å². The van der Waals surface area contributed by atoms with Crippen molar-refractivity contribution in [1.82, 2.24) is 9.97 Å². The van der Waals surface area contributed by atoms with E-state index in [0.29, 0.717) is 0 Å². The van der Waals surface area contributed by atoms with Crippen molar-refractivity contribution in [3.63, 3.8) is 0 Å². The summed E-state index contributed by atoms with van der Waals surface area (Å²) in [5, 5.41) is 2.57. The summed E-state index contributed by atoms with van der Waals surface area (Å²) in [6.07, 6.45) is 0. The molecule has 2 aromatic heterocycles. The summed E-state index contributed by atoms with van der Waals surface area (Å²) in [7, 11) is 0. The minimum atomic E-state index is 0.744. The van der Waals surface area contributed by atoms with E-state index in [9.17, 15) is 0 Å². The molecule has 0 amide bonds. The first-order chi connectivity index (χ1) is 18.7. The summed E-state index contributed by atoms with van der Waals surface area (Å²) in [4.78, 5) is 10.1. The number of fused-ring (bicyclic) bond motifs is 3. The summed E-state index contributed by atoms with van der Waals surface area (Å²) in [5.74, 6) is 0.744. The van der Waals surface area contributed by atoms with Gasteiger partial charge in [0.25, 0.3) is 0 Å². The molecule has 0 aliphatic carbocycles. The molecule has 0 saturated heterocycles. The lowest BCUT2D eigenvalue weighted by Gasteiger charge is -2.12. The van der Waals surface area contributed by atoms with Gasteiger partial charge in [0.15, 0.2) is 5.82 Å². The SMILES string of the molecule is Cc1cc(-c2cccc3c2sc2ccccc23)nc(-c2cc(-c3ccccc3)cc(-c3ccccc3)c2)n1. The van der Waals surface area contributed by atoms with Crippen LogP contribution in [-0.4, -0.2) is 9.97 Å². The Bertz CT molecular complexity index is 1860. The molecule has 2 nitrogen and oxygen atoms in total. The first-order valence-corrected chi connectivity index (χ1v) is 13.6. The lowest BCUT2D eigenvalue weighted by molar-refractivity contribution is 1.12. The molecule has 7 aromatic rings. The highest BCUT2D eigenvalue weighted by molar-refractivity contribution is 7.26. The molecule has 0 spiro atoms. The van der Waals surface area contributed by atoms with E-state index in [0.717, 1.165) is 39.5 Å². The Hall–Kier alpha value is -4.60. The van der Waals surface area contributed by atoms with Gasteiger partial charge in [-0.1, -0.05) is 97.1 Å². The van der Waals surface area contributed by atoms with E-state index in [1.807, 2.05) is 11.3 Å². The van der Waals surface area contributed by atoms with Gasteiger partial charge in [0, 0.05) is 37.0 Å². The van der Waals surface area contributed by atoms with Crippen molar-refractivity contribution in [2.75, 3.05) is 0 Å². The average molecular weight is 505 g/mol. The third-order valence-electron chi connectivity index (χ3n) is 6.94. The fraction of sp³-hybridized carbons (Fsp3) is 0.0286. The van der Waals surface area contributed by atoms with Crippen LogP contribution in [-0.2, 0) is 0 Å². The van der Waals surface area contributed by atoms with Crippen LogP contribution in [0.1, 0.15) is 5.69 Å². The molecule has 5 aromatic carbocycles. The predicted octanol–water partition coefficient (Wildman–Crippen LogP) is 9.82. The monoisotopic (exact) mass is 504 g/mol. The Balaban J connectivity index is 1.43. The van der Waals surface area contributed by atoms with Gasteiger partial charge in [0.2, 0.25) is 0 Å². The van der Waals surface area contributed by atoms with Gasteiger partial charge in [-0.15, -0.1) is 11.3 Å². The highest BCUT2D eigenvalue weighted by Gasteiger charge is 2.15. The van der Waals surface area contributed by atoms with Gasteiger partial charge in [0.05, 0.1) is 5.69 Å². The lowest BCUT2D eigenvalue weighted by atomic mass is 9.95. The van der Waals surface area contributed by atoms with Crippen molar-refractivity contribution in [1.29, 1.82) is 0 Å². The number of thiophene rings is 1. The van der Waals surface area contributed by atoms with E-state index in [1.54, 1.807) is 0 Å². The molecule has 0 unspecified atom stereocenters. The van der Waals surface area contributed by atoms with Crippen LogP contribution in [0.4, 0.5) is 0 Å². The molecule has 7 rings (SSSR count). The summed E-state index contributed by atoms with van der Waals surface area (Å²) < 4.78 is 2.56. The number of hydrogen-bond acceptors (Lipinski definition) is 3. The zero-order valence-electron chi connectivity index (χ0n) is 20.9. The van der Waals surface area contributed by atoms with Crippen LogP contribution in [0.5, 0.6) is 0 Å². The average Bonchev–Trinajstić information content (AvgIpc) is 3.36. The first kappa shape index (κ1) is 22.6. The van der Waals surface area contributed by atoms with Crippen molar-refractivity contribution < 1.29 is 0 Å². The van der Waals surface area contributed by atoms with Gasteiger partial charge in [-0.25, -0.2) is 9.97 Å². The van der Waals surface area contributed by atoms with Gasteiger partial charge in [-0.3, -0.25) is 0 Å². The van der Waals surface area contributed by atoms with E-state index < -0.39 is 0 Å². The van der Waals surface area contributed by atoms with Gasteiger partial charge in [-0.05, 0) is 59.5 Å². The number of nitrogens with zero attached hydrogens (tertiary/aromatic N) is 2. The van der Waals surface area contributed by atoms with Crippen molar-refractivity contribution in [2.45, 2.75) is 6.92 Å². The molecular weight excluding hydrogens is 480 g/mol. The lowest BCUT2D eigenvalue weighted by Crippen LogP contribution is -1.96. The Morgan fingerprint density at radius 3 is 1.82 bits per heavy atom. The topological polar surface area (TPSA) is 25.8 Å². The molecule has 0 aliphatic rings. The predicted molar refractivity (Wildman–Crippen MR) is 161 cm³/mol. The molecule has 0 radical (unpaired) electrons.